The van der Waals surface area contributed by atoms with Gasteiger partial charge in [0.05, 0.1) is 8.66 Å². The first-order chi connectivity index (χ1) is 4.74. The van der Waals surface area contributed by atoms with E-state index >= 15 is 0 Å². The molecule has 1 aromatic rings. The zero-order valence-electron chi connectivity index (χ0n) is 4.80. The van der Waals surface area contributed by atoms with Crippen molar-refractivity contribution in [3.8, 4) is 0 Å². The maximum Gasteiger partial charge on any atom is 0.284 e. The Kier molecular flexibility index (Phi) is 2.42. The minimum Gasteiger partial charge on any atom is -0.288 e. The van der Waals surface area contributed by atoms with E-state index in [0.29, 0.717) is 4.88 Å². The molecule has 0 saturated carbocycles. The number of halogens is 1. The predicted molar refractivity (Wildman–Crippen MR) is 41.3 cm³/mol. The summed E-state index contributed by atoms with van der Waals surface area (Å²) in [4.78, 5) is 11.1. The number of thiophene rings is 1. The lowest BCUT2D eigenvalue weighted by Gasteiger charge is -1.89. The zero-order chi connectivity index (χ0) is 7.56. The molecule has 1 rings (SSSR count). The summed E-state index contributed by atoms with van der Waals surface area (Å²) in [6, 6.07) is 3.37. The van der Waals surface area contributed by atoms with Crippen molar-refractivity contribution in [2.24, 2.45) is 0 Å². The maximum absolute atomic E-state index is 10.7. The molecule has 1 heterocycles. The molecule has 3 nitrogen and oxygen atoms in total. The Labute approximate surface area is 69.8 Å². The van der Waals surface area contributed by atoms with Gasteiger partial charge in [0.15, 0.2) is 0 Å². The Hall–Kier alpha value is -0.390. The van der Waals surface area contributed by atoms with Crippen molar-refractivity contribution in [3.05, 3.63) is 20.8 Å². The molecule has 0 bridgehead atoms. The zero-order valence-corrected chi connectivity index (χ0v) is 7.20. The summed E-state index contributed by atoms with van der Waals surface area (Å²) in [6.45, 7) is 0. The molecule has 1 amide bonds. The van der Waals surface area contributed by atoms with Crippen LogP contribution < -0.4 is 5.48 Å². The number of hydrogen-bond donors (Lipinski definition) is 2. The first-order valence-electron chi connectivity index (χ1n) is 2.44. The van der Waals surface area contributed by atoms with Crippen LogP contribution in [0.1, 0.15) is 9.67 Å². The summed E-state index contributed by atoms with van der Waals surface area (Å²) in [5.41, 5.74) is 1.55. The van der Waals surface area contributed by atoms with Gasteiger partial charge in [-0.2, -0.15) is 0 Å². The fourth-order valence-corrected chi connectivity index (χ4v) is 1.77. The second-order valence-corrected chi connectivity index (χ2v) is 4.01. The monoisotopic (exact) mass is 221 g/mol. The average molecular weight is 222 g/mol. The highest BCUT2D eigenvalue weighted by molar-refractivity contribution is 9.11. The van der Waals surface area contributed by atoms with Gasteiger partial charge in [0.2, 0.25) is 0 Å². The Bertz CT molecular complexity index is 248. The van der Waals surface area contributed by atoms with Crippen molar-refractivity contribution in [2.75, 3.05) is 0 Å². The largest absolute Gasteiger partial charge is 0.288 e. The Morgan fingerprint density at radius 2 is 2.40 bits per heavy atom. The summed E-state index contributed by atoms with van der Waals surface area (Å²) < 4.78 is 0.867. The molecule has 0 aliphatic heterocycles. The minimum atomic E-state index is -0.476. The molecule has 1 aromatic heterocycles. The smallest absolute Gasteiger partial charge is 0.284 e. The van der Waals surface area contributed by atoms with Crippen LogP contribution in [0.2, 0.25) is 0 Å². The molecule has 10 heavy (non-hydrogen) atoms. The second kappa shape index (κ2) is 3.14. The molecule has 54 valence electrons. The maximum atomic E-state index is 10.7. The van der Waals surface area contributed by atoms with Gasteiger partial charge in [-0.1, -0.05) is 0 Å². The first-order valence-corrected chi connectivity index (χ1v) is 4.05. The second-order valence-electron chi connectivity index (χ2n) is 1.54. The predicted octanol–water partition coefficient (Wildman–Crippen LogP) is 1.63. The fraction of sp³-hybridized carbons (Fsp3) is 0. The SMILES string of the molecule is O=C(NO)c1ccc(Br)s1. The van der Waals surface area contributed by atoms with Crippen LogP contribution in [0, 0.1) is 0 Å². The number of hydrogen-bond acceptors (Lipinski definition) is 3. The van der Waals surface area contributed by atoms with E-state index in [4.69, 9.17) is 5.21 Å². The normalized spacial score (nSPS) is 9.40. The molecule has 5 heteroatoms. The van der Waals surface area contributed by atoms with Gasteiger partial charge in [0, 0.05) is 0 Å². The topological polar surface area (TPSA) is 49.3 Å². The lowest BCUT2D eigenvalue weighted by Crippen LogP contribution is -2.16. The third-order valence-corrected chi connectivity index (χ3v) is 2.52. The van der Waals surface area contributed by atoms with Crippen molar-refractivity contribution in [3.63, 3.8) is 0 Å². The number of amides is 1. The van der Waals surface area contributed by atoms with Crippen LogP contribution in [0.15, 0.2) is 15.9 Å². The number of rotatable bonds is 1. The number of carbonyl (C=O) groups excluding carboxylic acids is 1. The molecule has 0 aromatic carbocycles. The Balaban J connectivity index is 2.85. The van der Waals surface area contributed by atoms with E-state index in [2.05, 4.69) is 15.9 Å². The molecule has 0 fully saturated rings. The number of hydroxylamine groups is 1. The highest BCUT2D eigenvalue weighted by Crippen LogP contribution is 2.21. The average Bonchev–Trinajstić information content (AvgIpc) is 2.34. The Morgan fingerprint density at radius 3 is 2.80 bits per heavy atom. The van der Waals surface area contributed by atoms with Crippen molar-refractivity contribution >= 4 is 33.2 Å². The van der Waals surface area contributed by atoms with E-state index in [1.807, 2.05) is 0 Å². The summed E-state index contributed by atoms with van der Waals surface area (Å²) >= 11 is 4.45. The van der Waals surface area contributed by atoms with Gasteiger partial charge in [0.25, 0.3) is 5.91 Å². The van der Waals surface area contributed by atoms with E-state index in [9.17, 15) is 4.79 Å². The van der Waals surface area contributed by atoms with Crippen LogP contribution in [0.3, 0.4) is 0 Å². The molecule has 2 N–H and O–H groups in total. The third-order valence-electron chi connectivity index (χ3n) is 0.899. The van der Waals surface area contributed by atoms with Crippen molar-refractivity contribution in [2.45, 2.75) is 0 Å². The summed E-state index contributed by atoms with van der Waals surface area (Å²) in [5, 5.41) is 8.19. The number of carbonyl (C=O) groups is 1. The van der Waals surface area contributed by atoms with Crippen LogP contribution in [0.4, 0.5) is 0 Å². The van der Waals surface area contributed by atoms with Gasteiger partial charge < -0.3 is 0 Å². The summed E-state index contributed by atoms with van der Waals surface area (Å²) in [7, 11) is 0. The third kappa shape index (κ3) is 1.56. The van der Waals surface area contributed by atoms with Crippen molar-refractivity contribution < 1.29 is 10.0 Å². The molecule has 0 spiro atoms. The molecule has 0 saturated heterocycles. The van der Waals surface area contributed by atoms with Crippen molar-refractivity contribution in [1.82, 2.24) is 5.48 Å². The molecular weight excluding hydrogens is 218 g/mol. The lowest BCUT2D eigenvalue weighted by atomic mass is 10.5. The quantitative estimate of drug-likeness (QED) is 0.560. The molecule has 0 aliphatic carbocycles. The molecule has 0 aliphatic rings. The van der Waals surface area contributed by atoms with Gasteiger partial charge in [-0.25, -0.2) is 5.48 Å². The van der Waals surface area contributed by atoms with E-state index in [1.165, 1.54) is 11.3 Å². The fourth-order valence-electron chi connectivity index (χ4n) is 0.491. The molecule has 0 radical (unpaired) electrons. The van der Waals surface area contributed by atoms with Crippen LogP contribution in [-0.2, 0) is 0 Å². The van der Waals surface area contributed by atoms with Crippen LogP contribution in [0.5, 0.6) is 0 Å². The van der Waals surface area contributed by atoms with Gasteiger partial charge in [-0.05, 0) is 28.1 Å². The van der Waals surface area contributed by atoms with E-state index < -0.39 is 5.91 Å². The van der Waals surface area contributed by atoms with Gasteiger partial charge >= 0.3 is 0 Å². The molecule has 0 atom stereocenters. The van der Waals surface area contributed by atoms with Crippen LogP contribution in [0.25, 0.3) is 0 Å². The van der Waals surface area contributed by atoms with E-state index in [-0.39, 0.29) is 0 Å². The van der Waals surface area contributed by atoms with E-state index in [1.54, 1.807) is 17.6 Å². The lowest BCUT2D eigenvalue weighted by molar-refractivity contribution is 0.0711. The first kappa shape index (κ1) is 7.71. The van der Waals surface area contributed by atoms with Gasteiger partial charge in [-0.3, -0.25) is 10.0 Å². The van der Waals surface area contributed by atoms with Gasteiger partial charge in [0.1, 0.15) is 0 Å². The number of nitrogens with one attached hydrogen (secondary N) is 1. The molecular formula is C5H4BrNO2S. The standard InChI is InChI=1S/C5H4BrNO2S/c6-4-2-1-3(10-4)5(8)7-9/h1-2,9H,(H,7,8). The highest BCUT2D eigenvalue weighted by atomic mass is 79.9. The van der Waals surface area contributed by atoms with Crippen LogP contribution in [-0.4, -0.2) is 11.1 Å². The highest BCUT2D eigenvalue weighted by Gasteiger charge is 2.05. The minimum absolute atomic E-state index is 0.476. The summed E-state index contributed by atoms with van der Waals surface area (Å²) in [6.07, 6.45) is 0. The van der Waals surface area contributed by atoms with Crippen molar-refractivity contribution in [1.29, 1.82) is 0 Å². The van der Waals surface area contributed by atoms with E-state index in [0.717, 1.165) is 3.79 Å². The van der Waals surface area contributed by atoms with Crippen LogP contribution >= 0.6 is 27.3 Å². The summed E-state index contributed by atoms with van der Waals surface area (Å²) in [5.74, 6) is -0.476. The Morgan fingerprint density at radius 1 is 1.70 bits per heavy atom. The van der Waals surface area contributed by atoms with Gasteiger partial charge in [-0.15, -0.1) is 11.3 Å². The molecule has 0 unspecified atom stereocenters.